The molecule has 0 aromatic heterocycles. The third kappa shape index (κ3) is 3.99. The summed E-state index contributed by atoms with van der Waals surface area (Å²) < 4.78 is 32.2. The zero-order valence-corrected chi connectivity index (χ0v) is 13.6. The molecule has 1 atom stereocenters. The number of primary sulfonamides is 1. The lowest BCUT2D eigenvalue weighted by atomic mass is 10.1. The summed E-state index contributed by atoms with van der Waals surface area (Å²) in [5.74, 6) is -1.03. The summed E-state index contributed by atoms with van der Waals surface area (Å²) >= 11 is 0. The Kier molecular flexibility index (Phi) is 4.90. The maximum atomic E-state index is 12.2. The van der Waals surface area contributed by atoms with Gasteiger partial charge in [-0.25, -0.2) is 18.4 Å². The predicted octanol–water partition coefficient (Wildman–Crippen LogP) is 0.123. The normalized spacial score (nSPS) is 18.1. The van der Waals surface area contributed by atoms with Crippen LogP contribution in [-0.4, -0.2) is 46.8 Å². The largest absolute Gasteiger partial charge is 0.495 e. The summed E-state index contributed by atoms with van der Waals surface area (Å²) in [7, 11) is -0.958. The van der Waals surface area contributed by atoms with Crippen molar-refractivity contribution in [2.45, 2.75) is 6.42 Å². The molecule has 23 heavy (non-hydrogen) atoms. The molecule has 1 saturated heterocycles. The van der Waals surface area contributed by atoms with Crippen LogP contribution in [0.25, 0.3) is 0 Å². The van der Waals surface area contributed by atoms with Crippen LogP contribution >= 0.6 is 0 Å². The first kappa shape index (κ1) is 17.2. The minimum absolute atomic E-state index is 0.0956. The molecule has 0 spiro atoms. The highest BCUT2D eigenvalue weighted by Crippen LogP contribution is 2.34. The smallest absolute Gasteiger partial charge is 0.337 e. The molecule has 1 aromatic rings. The van der Waals surface area contributed by atoms with Crippen molar-refractivity contribution in [1.29, 1.82) is 0 Å². The van der Waals surface area contributed by atoms with E-state index in [0.29, 0.717) is 17.0 Å². The van der Waals surface area contributed by atoms with Crippen LogP contribution in [0.2, 0.25) is 0 Å². The minimum Gasteiger partial charge on any atom is -0.495 e. The topological polar surface area (TPSA) is 116 Å². The monoisotopic (exact) mass is 342 g/mol. The van der Waals surface area contributed by atoms with Crippen LogP contribution < -0.4 is 14.8 Å². The number of benzene rings is 1. The predicted molar refractivity (Wildman–Crippen MR) is 82.8 cm³/mol. The zero-order chi connectivity index (χ0) is 17.2. The van der Waals surface area contributed by atoms with Gasteiger partial charge in [0.1, 0.15) is 5.75 Å². The number of amides is 1. The molecule has 0 aliphatic carbocycles. The van der Waals surface area contributed by atoms with Gasteiger partial charge in [-0.15, -0.1) is 0 Å². The van der Waals surface area contributed by atoms with E-state index in [-0.39, 0.29) is 30.5 Å². The number of anilines is 1. The van der Waals surface area contributed by atoms with Gasteiger partial charge in [-0.05, 0) is 18.2 Å². The second-order valence-electron chi connectivity index (χ2n) is 5.28. The summed E-state index contributed by atoms with van der Waals surface area (Å²) in [5, 5.41) is 5.04. The molecule has 126 valence electrons. The first-order chi connectivity index (χ1) is 10.7. The Morgan fingerprint density at radius 2 is 2.09 bits per heavy atom. The van der Waals surface area contributed by atoms with E-state index in [1.54, 1.807) is 6.07 Å². The molecule has 9 heteroatoms. The van der Waals surface area contributed by atoms with Crippen LogP contribution in [0, 0.1) is 5.92 Å². The van der Waals surface area contributed by atoms with Crippen molar-refractivity contribution in [3.8, 4) is 5.75 Å². The maximum Gasteiger partial charge on any atom is 0.337 e. The highest BCUT2D eigenvalue weighted by Gasteiger charge is 2.34. The minimum atomic E-state index is -3.64. The van der Waals surface area contributed by atoms with Gasteiger partial charge in [-0.3, -0.25) is 4.79 Å². The summed E-state index contributed by atoms with van der Waals surface area (Å²) in [6.45, 7) is 0.225. The van der Waals surface area contributed by atoms with Gasteiger partial charge >= 0.3 is 5.97 Å². The molecular formula is C14H18N2O6S. The zero-order valence-electron chi connectivity index (χ0n) is 12.8. The van der Waals surface area contributed by atoms with Crippen molar-refractivity contribution < 1.29 is 27.5 Å². The number of nitrogens with zero attached hydrogens (tertiary/aromatic N) is 1. The lowest BCUT2D eigenvalue weighted by Gasteiger charge is -2.20. The molecule has 1 amide bonds. The van der Waals surface area contributed by atoms with Gasteiger partial charge in [0.15, 0.2) is 0 Å². The SMILES string of the molecule is COC(=O)c1ccc(N2CC(CS(N)(=O)=O)CC2=O)c(OC)c1. The van der Waals surface area contributed by atoms with Gasteiger partial charge < -0.3 is 14.4 Å². The number of nitrogens with two attached hydrogens (primary N) is 1. The number of esters is 1. The lowest BCUT2D eigenvalue weighted by molar-refractivity contribution is -0.117. The molecule has 0 bridgehead atoms. The van der Waals surface area contributed by atoms with Gasteiger partial charge in [0.05, 0.1) is 31.2 Å². The summed E-state index contributed by atoms with van der Waals surface area (Å²) in [4.78, 5) is 25.1. The molecule has 1 heterocycles. The third-order valence-electron chi connectivity index (χ3n) is 3.56. The average Bonchev–Trinajstić information content (AvgIpc) is 2.83. The molecule has 8 nitrogen and oxygen atoms in total. The molecule has 1 aromatic carbocycles. The Balaban J connectivity index is 2.27. The van der Waals surface area contributed by atoms with E-state index < -0.39 is 16.0 Å². The van der Waals surface area contributed by atoms with Crippen molar-refractivity contribution in [3.05, 3.63) is 23.8 Å². The number of sulfonamides is 1. The molecule has 1 aliphatic heterocycles. The first-order valence-electron chi connectivity index (χ1n) is 6.82. The van der Waals surface area contributed by atoms with Crippen LogP contribution in [-0.2, 0) is 19.6 Å². The maximum absolute atomic E-state index is 12.2. The van der Waals surface area contributed by atoms with E-state index in [9.17, 15) is 18.0 Å². The number of ether oxygens (including phenoxy) is 2. The van der Waals surface area contributed by atoms with Crippen LogP contribution in [0.15, 0.2) is 18.2 Å². The molecule has 0 saturated carbocycles. The van der Waals surface area contributed by atoms with Crippen molar-refractivity contribution >= 4 is 27.6 Å². The fourth-order valence-electron chi connectivity index (χ4n) is 2.60. The van der Waals surface area contributed by atoms with Gasteiger partial charge in [0, 0.05) is 18.9 Å². The van der Waals surface area contributed by atoms with Crippen LogP contribution in [0.1, 0.15) is 16.8 Å². The molecule has 2 rings (SSSR count). The second kappa shape index (κ2) is 6.55. The van der Waals surface area contributed by atoms with Crippen molar-refractivity contribution in [2.24, 2.45) is 11.1 Å². The van der Waals surface area contributed by atoms with E-state index in [1.165, 1.54) is 31.3 Å². The van der Waals surface area contributed by atoms with E-state index in [0.717, 1.165) is 0 Å². The number of hydrogen-bond donors (Lipinski definition) is 1. The molecular weight excluding hydrogens is 324 g/mol. The van der Waals surface area contributed by atoms with E-state index in [4.69, 9.17) is 9.88 Å². The molecule has 2 N–H and O–H groups in total. The number of carbonyl (C=O) groups excluding carboxylic acids is 2. The Bertz CT molecular complexity index is 731. The van der Waals surface area contributed by atoms with E-state index >= 15 is 0 Å². The van der Waals surface area contributed by atoms with Gasteiger partial charge in [-0.2, -0.15) is 0 Å². The fraction of sp³-hybridized carbons (Fsp3) is 0.429. The molecule has 1 unspecified atom stereocenters. The summed E-state index contributed by atoms with van der Waals surface area (Å²) in [6, 6.07) is 4.56. The fourth-order valence-corrected chi connectivity index (χ4v) is 3.48. The highest BCUT2D eigenvalue weighted by atomic mass is 32.2. The average molecular weight is 342 g/mol. The molecule has 1 aliphatic rings. The summed E-state index contributed by atoms with van der Waals surface area (Å²) in [5.41, 5.74) is 0.767. The number of hydrogen-bond acceptors (Lipinski definition) is 6. The van der Waals surface area contributed by atoms with Crippen LogP contribution in [0.3, 0.4) is 0 Å². The Labute approximate surface area is 134 Å². The van der Waals surface area contributed by atoms with Crippen LogP contribution in [0.5, 0.6) is 5.75 Å². The molecule has 0 radical (unpaired) electrons. The second-order valence-corrected chi connectivity index (χ2v) is 6.94. The standard InChI is InChI=1S/C14H18N2O6S/c1-21-12-6-10(14(18)22-2)3-4-11(12)16-7-9(5-13(16)17)8-23(15,19)20/h3-4,6,9H,5,7-8H2,1-2H3,(H2,15,19,20). The van der Waals surface area contributed by atoms with Crippen molar-refractivity contribution in [2.75, 3.05) is 31.4 Å². The van der Waals surface area contributed by atoms with Gasteiger partial charge in [-0.1, -0.05) is 0 Å². The Morgan fingerprint density at radius 3 is 2.65 bits per heavy atom. The number of methoxy groups -OCH3 is 2. The van der Waals surface area contributed by atoms with Gasteiger partial charge in [0.25, 0.3) is 0 Å². The quantitative estimate of drug-likeness (QED) is 0.760. The van der Waals surface area contributed by atoms with Crippen molar-refractivity contribution in [3.63, 3.8) is 0 Å². The van der Waals surface area contributed by atoms with E-state index in [2.05, 4.69) is 4.74 Å². The Morgan fingerprint density at radius 1 is 1.39 bits per heavy atom. The first-order valence-corrected chi connectivity index (χ1v) is 8.54. The number of rotatable bonds is 5. The van der Waals surface area contributed by atoms with E-state index in [1.807, 2.05) is 0 Å². The van der Waals surface area contributed by atoms with Crippen molar-refractivity contribution in [1.82, 2.24) is 0 Å². The highest BCUT2D eigenvalue weighted by molar-refractivity contribution is 7.89. The third-order valence-corrected chi connectivity index (χ3v) is 4.50. The summed E-state index contributed by atoms with van der Waals surface area (Å²) in [6.07, 6.45) is 0.0956. The van der Waals surface area contributed by atoms with Crippen LogP contribution in [0.4, 0.5) is 5.69 Å². The molecule has 1 fully saturated rings. The number of carbonyl (C=O) groups is 2. The lowest BCUT2D eigenvalue weighted by Crippen LogP contribution is -2.27. The van der Waals surface area contributed by atoms with Gasteiger partial charge in [0.2, 0.25) is 15.9 Å². The Hall–Kier alpha value is -2.13.